The minimum atomic E-state index is -0.859. The van der Waals surface area contributed by atoms with Gasteiger partial charge in [-0.3, -0.25) is 0 Å². The van der Waals surface area contributed by atoms with Gasteiger partial charge >= 0.3 is 0 Å². The van der Waals surface area contributed by atoms with Crippen LogP contribution in [0.25, 0.3) is 0 Å². The molecule has 0 aliphatic heterocycles. The summed E-state index contributed by atoms with van der Waals surface area (Å²) in [6.45, 7) is 6.17. The average molecular weight is 330 g/mol. The Labute approximate surface area is 141 Å². The first-order valence-corrected chi connectivity index (χ1v) is 9.32. The van der Waals surface area contributed by atoms with Gasteiger partial charge in [0.2, 0.25) is 0 Å². The lowest BCUT2D eigenvalue weighted by molar-refractivity contribution is 0.196. The Morgan fingerprint density at radius 2 is 1.52 bits per heavy atom. The average Bonchev–Trinajstić information content (AvgIpc) is 2.56. The number of benzene rings is 2. The Hall–Kier alpha value is -1.41. The van der Waals surface area contributed by atoms with Gasteiger partial charge < -0.3 is 14.1 Å². The molecule has 0 aromatic heterocycles. The number of para-hydroxylation sites is 1. The highest BCUT2D eigenvalue weighted by Crippen LogP contribution is 2.44. The number of anilines is 1. The second-order valence-corrected chi connectivity index (χ2v) is 7.59. The predicted octanol–water partition coefficient (Wildman–Crippen LogP) is 4.12. The summed E-state index contributed by atoms with van der Waals surface area (Å²) in [6.07, 6.45) is 0.175. The quantitative estimate of drug-likeness (QED) is 0.677. The molecule has 4 heteroatoms. The van der Waals surface area contributed by atoms with Crippen molar-refractivity contribution < 1.29 is 4.52 Å². The Morgan fingerprint density at radius 3 is 2.04 bits per heavy atom. The van der Waals surface area contributed by atoms with Gasteiger partial charge in [0.05, 0.1) is 6.10 Å². The molecule has 124 valence electrons. The third kappa shape index (κ3) is 5.31. The van der Waals surface area contributed by atoms with E-state index < -0.39 is 8.30 Å². The van der Waals surface area contributed by atoms with Crippen LogP contribution >= 0.6 is 8.30 Å². The summed E-state index contributed by atoms with van der Waals surface area (Å²) in [5.41, 5.74) is 1.21. The minimum absolute atomic E-state index is 0.175. The van der Waals surface area contributed by atoms with E-state index >= 15 is 0 Å². The maximum Gasteiger partial charge on any atom is 0.166 e. The third-order valence-corrected chi connectivity index (χ3v) is 5.70. The van der Waals surface area contributed by atoms with Gasteiger partial charge in [-0.05, 0) is 40.1 Å². The van der Waals surface area contributed by atoms with E-state index in [-0.39, 0.29) is 6.10 Å². The molecule has 3 nitrogen and oxygen atoms in total. The fourth-order valence-corrected chi connectivity index (χ4v) is 4.50. The molecule has 0 fully saturated rings. The third-order valence-electron chi connectivity index (χ3n) is 3.45. The molecule has 2 aromatic rings. The molecule has 2 unspecified atom stereocenters. The molecule has 0 bridgehead atoms. The fourth-order valence-electron chi connectivity index (χ4n) is 2.55. The van der Waals surface area contributed by atoms with E-state index in [4.69, 9.17) is 4.52 Å². The van der Waals surface area contributed by atoms with Crippen molar-refractivity contribution in [3.8, 4) is 0 Å². The van der Waals surface area contributed by atoms with Crippen molar-refractivity contribution in [3.63, 3.8) is 0 Å². The highest BCUT2D eigenvalue weighted by molar-refractivity contribution is 7.62. The van der Waals surface area contributed by atoms with Crippen LogP contribution in [0, 0.1) is 0 Å². The Morgan fingerprint density at radius 1 is 0.957 bits per heavy atom. The second kappa shape index (κ2) is 9.02. The number of hydrogen-bond donors (Lipinski definition) is 0. The minimum Gasteiger partial charge on any atom is -0.331 e. The molecule has 0 spiro atoms. The van der Waals surface area contributed by atoms with E-state index in [9.17, 15) is 0 Å². The van der Waals surface area contributed by atoms with Gasteiger partial charge in [-0.15, -0.1) is 0 Å². The van der Waals surface area contributed by atoms with Crippen LogP contribution in [0.5, 0.6) is 0 Å². The molecule has 23 heavy (non-hydrogen) atoms. The molecule has 0 N–H and O–H groups in total. The molecular weight excluding hydrogens is 303 g/mol. The molecule has 0 heterocycles. The van der Waals surface area contributed by atoms with E-state index in [0.29, 0.717) is 0 Å². The number of nitrogens with zero attached hydrogens (tertiary/aromatic N) is 2. The Balaban J connectivity index is 2.28. The van der Waals surface area contributed by atoms with E-state index in [1.54, 1.807) is 0 Å². The van der Waals surface area contributed by atoms with Crippen LogP contribution in [0.2, 0.25) is 0 Å². The van der Waals surface area contributed by atoms with Gasteiger partial charge in [-0.2, -0.15) is 0 Å². The van der Waals surface area contributed by atoms with Crippen LogP contribution in [-0.4, -0.2) is 38.2 Å². The van der Waals surface area contributed by atoms with Crippen LogP contribution in [-0.2, 0) is 4.52 Å². The van der Waals surface area contributed by atoms with Gasteiger partial charge in [0.15, 0.2) is 8.30 Å². The lowest BCUT2D eigenvalue weighted by Gasteiger charge is -2.34. The van der Waals surface area contributed by atoms with E-state index in [1.165, 1.54) is 11.0 Å². The van der Waals surface area contributed by atoms with Crippen LogP contribution in [0.3, 0.4) is 0 Å². The largest absolute Gasteiger partial charge is 0.331 e. The molecule has 2 rings (SSSR count). The summed E-state index contributed by atoms with van der Waals surface area (Å²) in [6, 6.07) is 21.1. The van der Waals surface area contributed by atoms with E-state index in [1.807, 2.05) is 0 Å². The molecule has 0 aliphatic rings. The predicted molar refractivity (Wildman–Crippen MR) is 102 cm³/mol. The van der Waals surface area contributed by atoms with Gasteiger partial charge in [0.25, 0.3) is 0 Å². The first-order chi connectivity index (χ1) is 11.1. The Bertz CT molecular complexity index is 562. The SMILES string of the molecule is CCN(c1ccccc1)P(OC(C)CN(C)C)c1ccccc1. The van der Waals surface area contributed by atoms with Gasteiger partial charge in [-0.25, -0.2) is 0 Å². The first kappa shape index (κ1) is 17.9. The smallest absolute Gasteiger partial charge is 0.166 e. The van der Waals surface area contributed by atoms with Crippen molar-refractivity contribution in [2.75, 3.05) is 31.9 Å². The molecule has 0 amide bonds. The standard InChI is InChI=1S/C19H27N2OP/c1-5-21(18-12-8-6-9-13-18)23(19-14-10-7-11-15-19)22-17(2)16-20(3)4/h6-15,17H,5,16H2,1-4H3. The first-order valence-electron chi connectivity index (χ1n) is 8.11. The zero-order chi connectivity index (χ0) is 16.7. The highest BCUT2D eigenvalue weighted by atomic mass is 31.2. The van der Waals surface area contributed by atoms with Crippen molar-refractivity contribution in [2.45, 2.75) is 20.0 Å². The fraction of sp³-hybridized carbons (Fsp3) is 0.368. The van der Waals surface area contributed by atoms with Gasteiger partial charge in [-0.1, -0.05) is 48.5 Å². The van der Waals surface area contributed by atoms with Crippen molar-refractivity contribution in [1.29, 1.82) is 0 Å². The summed E-state index contributed by atoms with van der Waals surface area (Å²) in [7, 11) is 3.31. The summed E-state index contributed by atoms with van der Waals surface area (Å²) in [5, 5.41) is 1.25. The zero-order valence-electron chi connectivity index (χ0n) is 14.5. The number of rotatable bonds is 8. The molecule has 0 saturated heterocycles. The van der Waals surface area contributed by atoms with Gasteiger partial charge in [0, 0.05) is 24.1 Å². The van der Waals surface area contributed by atoms with Crippen molar-refractivity contribution in [1.82, 2.24) is 4.90 Å². The number of hydrogen-bond acceptors (Lipinski definition) is 3. The summed E-state index contributed by atoms with van der Waals surface area (Å²) < 4.78 is 8.88. The summed E-state index contributed by atoms with van der Waals surface area (Å²) in [5.74, 6) is 0. The molecule has 2 atom stereocenters. The van der Waals surface area contributed by atoms with E-state index in [2.05, 4.69) is 98.2 Å². The zero-order valence-corrected chi connectivity index (χ0v) is 15.4. The van der Waals surface area contributed by atoms with Crippen molar-refractivity contribution in [2.24, 2.45) is 0 Å². The maximum atomic E-state index is 6.50. The van der Waals surface area contributed by atoms with Gasteiger partial charge in [0.1, 0.15) is 0 Å². The second-order valence-electron chi connectivity index (χ2n) is 5.84. The van der Waals surface area contributed by atoms with Crippen LogP contribution in [0.4, 0.5) is 5.69 Å². The lowest BCUT2D eigenvalue weighted by Crippen LogP contribution is -2.30. The molecule has 0 radical (unpaired) electrons. The van der Waals surface area contributed by atoms with Crippen LogP contribution in [0.15, 0.2) is 60.7 Å². The number of likely N-dealkylation sites (N-methyl/N-ethyl adjacent to an activating group) is 1. The van der Waals surface area contributed by atoms with Crippen LogP contribution < -0.4 is 9.97 Å². The molecular formula is C19H27N2OP. The monoisotopic (exact) mass is 330 g/mol. The maximum absolute atomic E-state index is 6.50. The summed E-state index contributed by atoms with van der Waals surface area (Å²) >= 11 is 0. The molecule has 0 saturated carbocycles. The molecule has 0 aliphatic carbocycles. The topological polar surface area (TPSA) is 15.7 Å². The summed E-state index contributed by atoms with van der Waals surface area (Å²) in [4.78, 5) is 2.17. The van der Waals surface area contributed by atoms with Crippen molar-refractivity contribution in [3.05, 3.63) is 60.7 Å². The van der Waals surface area contributed by atoms with E-state index in [0.717, 1.165) is 13.1 Å². The normalized spacial score (nSPS) is 13.8. The van der Waals surface area contributed by atoms with Crippen LogP contribution in [0.1, 0.15) is 13.8 Å². The highest BCUT2D eigenvalue weighted by Gasteiger charge is 2.23. The lowest BCUT2D eigenvalue weighted by atomic mass is 10.3. The van der Waals surface area contributed by atoms with Crippen molar-refractivity contribution >= 4 is 19.3 Å². The Kier molecular flexibility index (Phi) is 7.04. The molecule has 2 aromatic carbocycles.